The van der Waals surface area contributed by atoms with Crippen LogP contribution in [0.25, 0.3) is 0 Å². The molecule has 0 bridgehead atoms. The monoisotopic (exact) mass is 511 g/mol. The van der Waals surface area contributed by atoms with E-state index < -0.39 is 11.7 Å². The van der Waals surface area contributed by atoms with Gasteiger partial charge in [0.15, 0.2) is 0 Å². The van der Waals surface area contributed by atoms with Gasteiger partial charge in [-0.25, -0.2) is 9.97 Å². The van der Waals surface area contributed by atoms with Gasteiger partial charge < -0.3 is 15.5 Å². The molecule has 4 rings (SSSR count). The molecule has 32 heavy (non-hydrogen) atoms. The van der Waals surface area contributed by atoms with Gasteiger partial charge >= 0.3 is 6.18 Å². The minimum atomic E-state index is -4.46. The third-order valence-corrected chi connectivity index (χ3v) is 6.01. The molecule has 2 aromatic rings. The van der Waals surface area contributed by atoms with Crippen LogP contribution in [-0.2, 0) is 11.0 Å². The number of hydrogen-bond donors (Lipinski definition) is 2. The number of halogens is 4. The molecule has 1 saturated carbocycles. The zero-order valence-corrected chi connectivity index (χ0v) is 18.5. The molecule has 0 radical (unpaired) electrons. The maximum absolute atomic E-state index is 12.9. The van der Waals surface area contributed by atoms with E-state index in [1.807, 2.05) is 4.90 Å². The number of carbonyl (C=O) groups is 2. The van der Waals surface area contributed by atoms with E-state index in [0.717, 1.165) is 37.9 Å². The third-order valence-electron chi connectivity index (χ3n) is 5.43. The SMILES string of the molecule is O=C(NC1CCCN(c2ncc(C(F)(F)F)cc2Br)C1)c1ccnc(NC(=O)C2CC2)c1. The van der Waals surface area contributed by atoms with Crippen molar-refractivity contribution in [3.8, 4) is 0 Å². The predicted octanol–water partition coefficient (Wildman–Crippen LogP) is 4.01. The Morgan fingerprint density at radius 3 is 2.62 bits per heavy atom. The lowest BCUT2D eigenvalue weighted by molar-refractivity contribution is -0.137. The van der Waals surface area contributed by atoms with Crippen molar-refractivity contribution >= 4 is 39.4 Å². The average molecular weight is 512 g/mol. The molecule has 1 aliphatic heterocycles. The number of aromatic nitrogens is 2. The number of alkyl halides is 3. The fourth-order valence-electron chi connectivity index (χ4n) is 3.59. The number of hydrogen-bond acceptors (Lipinski definition) is 5. The highest BCUT2D eigenvalue weighted by atomic mass is 79.9. The summed E-state index contributed by atoms with van der Waals surface area (Å²) in [6.45, 7) is 1.04. The van der Waals surface area contributed by atoms with Gasteiger partial charge in [0.25, 0.3) is 5.91 Å². The van der Waals surface area contributed by atoms with E-state index in [0.29, 0.717) is 30.3 Å². The first kappa shape index (κ1) is 22.5. The van der Waals surface area contributed by atoms with Crippen molar-refractivity contribution in [2.75, 3.05) is 23.3 Å². The van der Waals surface area contributed by atoms with E-state index in [1.165, 1.54) is 12.3 Å². The van der Waals surface area contributed by atoms with Crippen LogP contribution in [0.15, 0.2) is 35.1 Å². The third kappa shape index (κ3) is 5.37. The van der Waals surface area contributed by atoms with Crippen LogP contribution in [-0.4, -0.2) is 40.9 Å². The van der Waals surface area contributed by atoms with Crippen molar-refractivity contribution in [2.45, 2.75) is 37.9 Å². The highest BCUT2D eigenvalue weighted by Gasteiger charge is 2.33. The van der Waals surface area contributed by atoms with Crippen LogP contribution in [0.5, 0.6) is 0 Å². The van der Waals surface area contributed by atoms with Crippen molar-refractivity contribution in [2.24, 2.45) is 5.92 Å². The van der Waals surface area contributed by atoms with Crippen LogP contribution >= 0.6 is 15.9 Å². The lowest BCUT2D eigenvalue weighted by Gasteiger charge is -2.34. The summed E-state index contributed by atoms with van der Waals surface area (Å²) < 4.78 is 39.0. The molecular formula is C21H21BrF3N5O2. The highest BCUT2D eigenvalue weighted by Crippen LogP contribution is 2.34. The quantitative estimate of drug-likeness (QED) is 0.633. The molecule has 0 aromatic carbocycles. The first-order valence-corrected chi connectivity index (χ1v) is 11.1. The van der Waals surface area contributed by atoms with E-state index in [4.69, 9.17) is 0 Å². The summed E-state index contributed by atoms with van der Waals surface area (Å²) in [6.07, 6.45) is 1.04. The molecular weight excluding hydrogens is 491 g/mol. The van der Waals surface area contributed by atoms with E-state index in [1.54, 1.807) is 6.07 Å². The van der Waals surface area contributed by atoms with E-state index in [-0.39, 0.29) is 28.2 Å². The maximum atomic E-state index is 12.9. The minimum Gasteiger partial charge on any atom is -0.354 e. The minimum absolute atomic E-state index is 0.0284. The van der Waals surface area contributed by atoms with Crippen molar-refractivity contribution in [1.82, 2.24) is 15.3 Å². The lowest BCUT2D eigenvalue weighted by Crippen LogP contribution is -2.48. The molecule has 2 aliphatic rings. The van der Waals surface area contributed by atoms with Crippen LogP contribution < -0.4 is 15.5 Å². The molecule has 2 fully saturated rings. The zero-order valence-electron chi connectivity index (χ0n) is 17.0. The molecule has 1 unspecified atom stereocenters. The van der Waals surface area contributed by atoms with Gasteiger partial charge in [-0.3, -0.25) is 9.59 Å². The highest BCUT2D eigenvalue weighted by molar-refractivity contribution is 9.10. The Morgan fingerprint density at radius 2 is 1.94 bits per heavy atom. The van der Waals surface area contributed by atoms with Gasteiger partial charge in [0, 0.05) is 43.0 Å². The number of amides is 2. The van der Waals surface area contributed by atoms with Gasteiger partial charge in [-0.2, -0.15) is 13.2 Å². The number of piperidine rings is 1. The molecule has 0 spiro atoms. The van der Waals surface area contributed by atoms with Gasteiger partial charge in [0.2, 0.25) is 5.91 Å². The first-order valence-electron chi connectivity index (χ1n) is 10.3. The summed E-state index contributed by atoms with van der Waals surface area (Å²) in [6, 6.07) is 3.91. The Labute approximate surface area is 190 Å². The van der Waals surface area contributed by atoms with Crippen molar-refractivity contribution in [1.29, 1.82) is 0 Å². The predicted molar refractivity (Wildman–Crippen MR) is 115 cm³/mol. The Bertz CT molecular complexity index is 1030. The van der Waals surface area contributed by atoms with Crippen LogP contribution in [0.2, 0.25) is 0 Å². The maximum Gasteiger partial charge on any atom is 0.417 e. The Balaban J connectivity index is 1.40. The number of rotatable bonds is 5. The second-order valence-electron chi connectivity index (χ2n) is 7.98. The fraction of sp³-hybridized carbons (Fsp3) is 0.429. The molecule has 3 heterocycles. The zero-order chi connectivity index (χ0) is 22.9. The normalized spacial score (nSPS) is 18.9. The van der Waals surface area contributed by atoms with E-state index >= 15 is 0 Å². The Kier molecular flexibility index (Phi) is 6.36. The van der Waals surface area contributed by atoms with Crippen LogP contribution in [0.1, 0.15) is 41.6 Å². The number of nitrogens with zero attached hydrogens (tertiary/aromatic N) is 3. The standard InChI is InChI=1S/C21H21BrF3N5O2/c22-16-9-14(21(23,24)25)10-27-18(16)30-7-1-2-15(11-30)28-20(32)13-5-6-26-17(8-13)29-19(31)12-3-4-12/h5-6,8-10,12,15H,1-4,7,11H2,(H,28,32)(H,26,29,31). The smallest absolute Gasteiger partial charge is 0.354 e. The fourth-order valence-corrected chi connectivity index (χ4v) is 4.19. The van der Waals surface area contributed by atoms with Crippen molar-refractivity contribution < 1.29 is 22.8 Å². The number of pyridine rings is 2. The van der Waals surface area contributed by atoms with Gasteiger partial charge in [-0.15, -0.1) is 0 Å². The van der Waals surface area contributed by atoms with E-state index in [2.05, 4.69) is 36.5 Å². The Morgan fingerprint density at radius 1 is 1.16 bits per heavy atom. The molecule has 2 amide bonds. The molecule has 1 atom stereocenters. The second kappa shape index (κ2) is 9.05. The summed E-state index contributed by atoms with van der Waals surface area (Å²) in [5.41, 5.74) is -0.450. The molecule has 1 saturated heterocycles. The van der Waals surface area contributed by atoms with Crippen molar-refractivity contribution in [3.63, 3.8) is 0 Å². The number of nitrogens with one attached hydrogen (secondary N) is 2. The Hall–Kier alpha value is -2.69. The molecule has 11 heteroatoms. The molecule has 170 valence electrons. The van der Waals surface area contributed by atoms with E-state index in [9.17, 15) is 22.8 Å². The van der Waals surface area contributed by atoms with Crippen molar-refractivity contribution in [3.05, 3.63) is 46.2 Å². The average Bonchev–Trinajstić information content (AvgIpc) is 3.59. The summed E-state index contributed by atoms with van der Waals surface area (Å²) >= 11 is 3.19. The second-order valence-corrected chi connectivity index (χ2v) is 8.83. The van der Waals surface area contributed by atoms with Gasteiger partial charge in [0.05, 0.1) is 10.0 Å². The lowest BCUT2D eigenvalue weighted by atomic mass is 10.0. The topological polar surface area (TPSA) is 87.2 Å². The number of anilines is 2. The molecule has 2 aromatic heterocycles. The molecule has 1 aliphatic carbocycles. The van der Waals surface area contributed by atoms with Gasteiger partial charge in [0.1, 0.15) is 11.6 Å². The largest absolute Gasteiger partial charge is 0.417 e. The number of carbonyl (C=O) groups excluding carboxylic acids is 2. The molecule has 7 nitrogen and oxygen atoms in total. The van der Waals surface area contributed by atoms with Crippen LogP contribution in [0, 0.1) is 5.92 Å². The molecule has 2 N–H and O–H groups in total. The first-order chi connectivity index (χ1) is 15.2. The van der Waals surface area contributed by atoms with Gasteiger partial charge in [-0.05, 0) is 59.8 Å². The summed E-state index contributed by atoms with van der Waals surface area (Å²) in [7, 11) is 0. The van der Waals surface area contributed by atoms with Crippen LogP contribution in [0.4, 0.5) is 24.8 Å². The summed E-state index contributed by atoms with van der Waals surface area (Å²) in [4.78, 5) is 34.6. The van der Waals surface area contributed by atoms with Gasteiger partial charge in [-0.1, -0.05) is 0 Å². The van der Waals surface area contributed by atoms with Crippen LogP contribution in [0.3, 0.4) is 0 Å². The summed E-state index contributed by atoms with van der Waals surface area (Å²) in [5, 5.41) is 5.68. The summed E-state index contributed by atoms with van der Waals surface area (Å²) in [5.74, 6) is 0.373.